The summed E-state index contributed by atoms with van der Waals surface area (Å²) >= 11 is 0. The number of ether oxygens (including phenoxy) is 1. The number of methoxy groups -OCH3 is 1. The first-order valence-electron chi connectivity index (χ1n) is 7.56. The second-order valence-electron chi connectivity index (χ2n) is 5.94. The predicted molar refractivity (Wildman–Crippen MR) is 78.3 cm³/mol. The summed E-state index contributed by atoms with van der Waals surface area (Å²) in [5, 5.41) is 3.37. The van der Waals surface area contributed by atoms with E-state index in [4.69, 9.17) is 0 Å². The van der Waals surface area contributed by atoms with Crippen LogP contribution in [0.25, 0.3) is 0 Å². The highest BCUT2D eigenvalue weighted by atomic mass is 16.5. The number of carbonyl (C=O) groups is 2. The number of esters is 1. The fourth-order valence-corrected chi connectivity index (χ4v) is 2.79. The van der Waals surface area contributed by atoms with Crippen molar-refractivity contribution in [3.05, 3.63) is 0 Å². The number of hydrogen-bond acceptors (Lipinski definition) is 4. The molecule has 5 nitrogen and oxygen atoms in total. The summed E-state index contributed by atoms with van der Waals surface area (Å²) in [6.45, 7) is 8.22. The second-order valence-corrected chi connectivity index (χ2v) is 5.94. The lowest BCUT2D eigenvalue weighted by Crippen LogP contribution is -2.55. The molecule has 1 aliphatic rings. The van der Waals surface area contributed by atoms with Crippen LogP contribution in [-0.2, 0) is 14.3 Å². The molecule has 1 aliphatic heterocycles. The molecule has 0 saturated carbocycles. The summed E-state index contributed by atoms with van der Waals surface area (Å²) in [5.74, 6) is 0.249. The normalized spacial score (nSPS) is 22.1. The van der Waals surface area contributed by atoms with Crippen molar-refractivity contribution in [2.75, 3.05) is 26.7 Å². The molecule has 0 aromatic heterocycles. The molecule has 1 saturated heterocycles. The topological polar surface area (TPSA) is 58.6 Å². The summed E-state index contributed by atoms with van der Waals surface area (Å²) in [5.41, 5.74) is -0.426. The van der Waals surface area contributed by atoms with E-state index in [0.29, 0.717) is 19.0 Å². The van der Waals surface area contributed by atoms with Crippen LogP contribution >= 0.6 is 0 Å². The van der Waals surface area contributed by atoms with Gasteiger partial charge in [-0.1, -0.05) is 20.8 Å². The average Bonchev–Trinajstić information content (AvgIpc) is 2.91. The van der Waals surface area contributed by atoms with Gasteiger partial charge < -0.3 is 15.0 Å². The van der Waals surface area contributed by atoms with Crippen LogP contribution in [0.1, 0.15) is 46.5 Å². The number of nitrogens with one attached hydrogen (secondary N) is 1. The number of carbonyl (C=O) groups excluding carboxylic acids is 2. The van der Waals surface area contributed by atoms with Gasteiger partial charge in [0.15, 0.2) is 0 Å². The number of amides is 1. The molecule has 0 aromatic carbocycles. The molecule has 0 spiro atoms. The lowest BCUT2D eigenvalue weighted by Gasteiger charge is -2.34. The summed E-state index contributed by atoms with van der Waals surface area (Å²) in [7, 11) is 1.38. The first-order valence-corrected chi connectivity index (χ1v) is 7.56. The van der Waals surface area contributed by atoms with Gasteiger partial charge in [0.05, 0.1) is 19.1 Å². The zero-order chi connectivity index (χ0) is 15.2. The van der Waals surface area contributed by atoms with Gasteiger partial charge in [0.25, 0.3) is 0 Å². The Bertz CT molecular complexity index is 336. The molecule has 1 rings (SSSR count). The highest BCUT2D eigenvalue weighted by molar-refractivity contribution is 5.87. The first kappa shape index (κ1) is 17.0. The van der Waals surface area contributed by atoms with Crippen molar-refractivity contribution < 1.29 is 14.3 Å². The molecule has 1 amide bonds. The fourth-order valence-electron chi connectivity index (χ4n) is 2.79. The maximum absolute atomic E-state index is 12.8. The highest BCUT2D eigenvalue weighted by Crippen LogP contribution is 2.26. The summed E-state index contributed by atoms with van der Waals surface area (Å²) < 4.78 is 4.67. The van der Waals surface area contributed by atoms with Crippen LogP contribution in [-0.4, -0.2) is 49.1 Å². The molecule has 1 fully saturated rings. The molecule has 0 bridgehead atoms. The average molecular weight is 284 g/mol. The van der Waals surface area contributed by atoms with Gasteiger partial charge in [-0.25, -0.2) is 0 Å². The van der Waals surface area contributed by atoms with E-state index in [2.05, 4.69) is 23.9 Å². The number of hydrogen-bond donors (Lipinski definition) is 1. The van der Waals surface area contributed by atoms with Gasteiger partial charge >= 0.3 is 5.97 Å². The van der Waals surface area contributed by atoms with Crippen LogP contribution < -0.4 is 5.32 Å². The molecule has 116 valence electrons. The Morgan fingerprint density at radius 3 is 2.55 bits per heavy atom. The monoisotopic (exact) mass is 284 g/mol. The maximum atomic E-state index is 12.8. The van der Waals surface area contributed by atoms with Crippen LogP contribution in [0.2, 0.25) is 0 Å². The van der Waals surface area contributed by atoms with E-state index in [-0.39, 0.29) is 18.3 Å². The summed E-state index contributed by atoms with van der Waals surface area (Å²) in [6, 6.07) is 0. The molecular formula is C15H28N2O3. The van der Waals surface area contributed by atoms with Gasteiger partial charge in [0.1, 0.15) is 0 Å². The molecule has 1 N–H and O–H groups in total. The molecule has 5 heteroatoms. The minimum Gasteiger partial charge on any atom is -0.469 e. The SMILES string of the molecule is CCC1(C(=O)N(CCC(=O)OC)CC(C)C)CCCN1. The molecule has 0 aliphatic carbocycles. The quantitative estimate of drug-likeness (QED) is 0.721. The van der Waals surface area contributed by atoms with Gasteiger partial charge in [-0.2, -0.15) is 0 Å². The predicted octanol–water partition coefficient (Wildman–Crippen LogP) is 1.57. The standard InChI is InChI=1S/C15H28N2O3/c1-5-15(8-6-9-16-15)14(19)17(11-12(2)3)10-7-13(18)20-4/h12,16H,5-11H2,1-4H3. The Morgan fingerprint density at radius 1 is 1.40 bits per heavy atom. The molecule has 0 aromatic rings. The number of nitrogens with zero attached hydrogens (tertiary/aromatic N) is 1. The maximum Gasteiger partial charge on any atom is 0.307 e. The Morgan fingerprint density at radius 2 is 2.10 bits per heavy atom. The minimum absolute atomic E-state index is 0.134. The van der Waals surface area contributed by atoms with Crippen LogP contribution in [0.5, 0.6) is 0 Å². The van der Waals surface area contributed by atoms with Crippen molar-refractivity contribution in [2.45, 2.75) is 52.0 Å². The van der Waals surface area contributed by atoms with Gasteiger partial charge in [0, 0.05) is 13.1 Å². The molecule has 1 atom stereocenters. The van der Waals surface area contributed by atoms with E-state index in [1.54, 1.807) is 0 Å². The third kappa shape index (κ3) is 4.20. The van der Waals surface area contributed by atoms with E-state index in [9.17, 15) is 9.59 Å². The third-order valence-electron chi connectivity index (χ3n) is 3.94. The van der Waals surface area contributed by atoms with Crippen LogP contribution in [0.15, 0.2) is 0 Å². The summed E-state index contributed by atoms with van der Waals surface area (Å²) in [4.78, 5) is 26.0. The van der Waals surface area contributed by atoms with Crippen LogP contribution in [0, 0.1) is 5.92 Å². The smallest absolute Gasteiger partial charge is 0.307 e. The third-order valence-corrected chi connectivity index (χ3v) is 3.94. The molecule has 1 heterocycles. The highest BCUT2D eigenvalue weighted by Gasteiger charge is 2.41. The zero-order valence-electron chi connectivity index (χ0n) is 13.2. The van der Waals surface area contributed by atoms with E-state index < -0.39 is 5.54 Å². The van der Waals surface area contributed by atoms with Crippen molar-refractivity contribution in [3.8, 4) is 0 Å². The van der Waals surface area contributed by atoms with Crippen molar-refractivity contribution >= 4 is 11.9 Å². The van der Waals surface area contributed by atoms with Crippen molar-refractivity contribution in [1.82, 2.24) is 10.2 Å². The van der Waals surface area contributed by atoms with E-state index in [1.165, 1.54) is 7.11 Å². The fraction of sp³-hybridized carbons (Fsp3) is 0.867. The van der Waals surface area contributed by atoms with Gasteiger partial charge in [-0.05, 0) is 31.7 Å². The van der Waals surface area contributed by atoms with E-state index >= 15 is 0 Å². The zero-order valence-corrected chi connectivity index (χ0v) is 13.2. The molecular weight excluding hydrogens is 256 g/mol. The largest absolute Gasteiger partial charge is 0.469 e. The van der Waals surface area contributed by atoms with E-state index in [1.807, 2.05) is 11.8 Å². The molecule has 0 radical (unpaired) electrons. The lowest BCUT2D eigenvalue weighted by molar-refractivity contribution is -0.143. The van der Waals surface area contributed by atoms with Crippen molar-refractivity contribution in [2.24, 2.45) is 5.92 Å². The van der Waals surface area contributed by atoms with Crippen molar-refractivity contribution in [3.63, 3.8) is 0 Å². The second kappa shape index (κ2) is 7.62. The van der Waals surface area contributed by atoms with Crippen molar-refractivity contribution in [1.29, 1.82) is 0 Å². The first-order chi connectivity index (χ1) is 9.45. The minimum atomic E-state index is -0.426. The molecule has 1 unspecified atom stereocenters. The van der Waals surface area contributed by atoms with E-state index in [0.717, 1.165) is 25.8 Å². The Hall–Kier alpha value is -1.10. The van der Waals surface area contributed by atoms with Crippen LogP contribution in [0.4, 0.5) is 0 Å². The number of rotatable bonds is 7. The van der Waals surface area contributed by atoms with Gasteiger partial charge in [-0.3, -0.25) is 9.59 Å². The lowest BCUT2D eigenvalue weighted by atomic mass is 9.92. The molecule has 20 heavy (non-hydrogen) atoms. The van der Waals surface area contributed by atoms with Gasteiger partial charge in [0.2, 0.25) is 5.91 Å². The Balaban J connectivity index is 2.75. The Labute approximate surface area is 122 Å². The van der Waals surface area contributed by atoms with Gasteiger partial charge in [-0.15, -0.1) is 0 Å². The van der Waals surface area contributed by atoms with Crippen LogP contribution in [0.3, 0.4) is 0 Å². The summed E-state index contributed by atoms with van der Waals surface area (Å²) in [6.07, 6.45) is 2.97. The Kier molecular flexibility index (Phi) is 6.46.